The van der Waals surface area contributed by atoms with Crippen LogP contribution in [0, 0.1) is 11.3 Å². The average Bonchev–Trinajstić information content (AvgIpc) is 3.14. The number of allylic oxidation sites excluding steroid dienone is 3. The summed E-state index contributed by atoms with van der Waals surface area (Å²) in [7, 11) is 0. The maximum Gasteiger partial charge on any atom is 0.264 e. The van der Waals surface area contributed by atoms with Crippen LogP contribution in [0.25, 0.3) is 5.70 Å². The first-order chi connectivity index (χ1) is 13.7. The SMILES string of the molecule is N#Cc1cccc(C2=C3C=CC=CN3C(C(=O)NC3(CO)CCOCC3)N2)c1. The van der Waals surface area contributed by atoms with E-state index in [0.717, 1.165) is 17.0 Å². The van der Waals surface area contributed by atoms with Gasteiger partial charge in [0.05, 0.1) is 35.2 Å². The molecule has 7 nitrogen and oxygen atoms in total. The molecule has 0 aliphatic carbocycles. The van der Waals surface area contributed by atoms with Crippen molar-refractivity contribution in [1.29, 1.82) is 5.26 Å². The Hall–Kier alpha value is -3.08. The summed E-state index contributed by atoms with van der Waals surface area (Å²) in [4.78, 5) is 15.0. The number of aliphatic hydroxyl groups is 1. The van der Waals surface area contributed by atoms with E-state index in [0.29, 0.717) is 31.6 Å². The molecule has 0 spiro atoms. The highest BCUT2D eigenvalue weighted by Gasteiger charge is 2.40. The number of rotatable bonds is 4. The number of hydrogen-bond donors (Lipinski definition) is 3. The molecular weight excluding hydrogens is 356 g/mol. The molecule has 0 bridgehead atoms. The fourth-order valence-corrected chi connectivity index (χ4v) is 3.76. The Morgan fingerprint density at radius 1 is 1.39 bits per heavy atom. The third-order valence-corrected chi connectivity index (χ3v) is 5.38. The van der Waals surface area contributed by atoms with Crippen molar-refractivity contribution in [3.8, 4) is 6.07 Å². The van der Waals surface area contributed by atoms with Crippen LogP contribution in [0.15, 0.2) is 54.4 Å². The molecule has 144 valence electrons. The second-order valence-corrected chi connectivity index (χ2v) is 7.15. The summed E-state index contributed by atoms with van der Waals surface area (Å²) >= 11 is 0. The zero-order valence-electron chi connectivity index (χ0n) is 15.4. The first kappa shape index (κ1) is 18.3. The van der Waals surface area contributed by atoms with Gasteiger partial charge in [-0.15, -0.1) is 0 Å². The molecule has 4 rings (SSSR count). The van der Waals surface area contributed by atoms with Gasteiger partial charge in [0.1, 0.15) is 0 Å². The van der Waals surface area contributed by atoms with E-state index in [1.165, 1.54) is 0 Å². The third-order valence-electron chi connectivity index (χ3n) is 5.38. The van der Waals surface area contributed by atoms with E-state index in [2.05, 4.69) is 16.7 Å². The van der Waals surface area contributed by atoms with Gasteiger partial charge in [-0.25, -0.2) is 0 Å². The summed E-state index contributed by atoms with van der Waals surface area (Å²) in [5.74, 6) is -0.208. The number of nitrogens with zero attached hydrogens (tertiary/aromatic N) is 2. The number of carbonyl (C=O) groups excluding carboxylic acids is 1. The van der Waals surface area contributed by atoms with Crippen LogP contribution >= 0.6 is 0 Å². The smallest absolute Gasteiger partial charge is 0.264 e. The highest BCUT2D eigenvalue weighted by Crippen LogP contribution is 2.31. The van der Waals surface area contributed by atoms with Crippen LogP contribution in [0.2, 0.25) is 0 Å². The normalized spacial score (nSPS) is 22.4. The lowest BCUT2D eigenvalue weighted by atomic mass is 9.91. The first-order valence-corrected chi connectivity index (χ1v) is 9.31. The maximum atomic E-state index is 13.1. The van der Waals surface area contributed by atoms with Gasteiger partial charge in [0, 0.05) is 25.0 Å². The summed E-state index contributed by atoms with van der Waals surface area (Å²) in [6.07, 6.45) is 8.09. The minimum absolute atomic E-state index is 0.123. The molecule has 1 atom stereocenters. The largest absolute Gasteiger partial charge is 0.394 e. The van der Waals surface area contributed by atoms with Crippen LogP contribution in [0.3, 0.4) is 0 Å². The highest BCUT2D eigenvalue weighted by atomic mass is 16.5. The lowest BCUT2D eigenvalue weighted by Gasteiger charge is -2.38. The maximum absolute atomic E-state index is 13.1. The third kappa shape index (κ3) is 3.28. The molecule has 3 aliphatic rings. The molecule has 7 heteroatoms. The Balaban J connectivity index is 1.60. The molecule has 0 radical (unpaired) electrons. The van der Waals surface area contributed by atoms with Crippen molar-refractivity contribution in [3.63, 3.8) is 0 Å². The lowest BCUT2D eigenvalue weighted by molar-refractivity contribution is -0.129. The lowest BCUT2D eigenvalue weighted by Crippen LogP contribution is -2.60. The van der Waals surface area contributed by atoms with Gasteiger partial charge in [-0.1, -0.05) is 18.2 Å². The van der Waals surface area contributed by atoms with E-state index in [1.807, 2.05) is 41.5 Å². The molecule has 1 aromatic rings. The van der Waals surface area contributed by atoms with E-state index in [-0.39, 0.29) is 12.5 Å². The number of carbonyl (C=O) groups is 1. The van der Waals surface area contributed by atoms with E-state index in [9.17, 15) is 15.2 Å². The topological polar surface area (TPSA) is 97.6 Å². The second kappa shape index (κ2) is 7.50. The molecular formula is C21H22N4O3. The quantitative estimate of drug-likeness (QED) is 0.728. The van der Waals surface area contributed by atoms with Crippen LogP contribution in [0.5, 0.6) is 0 Å². The number of hydrogen-bond acceptors (Lipinski definition) is 6. The molecule has 1 fully saturated rings. The molecule has 28 heavy (non-hydrogen) atoms. The molecule has 0 saturated carbocycles. The summed E-state index contributed by atoms with van der Waals surface area (Å²) in [5, 5.41) is 25.4. The number of nitriles is 1. The van der Waals surface area contributed by atoms with Crippen molar-refractivity contribution in [2.24, 2.45) is 0 Å². The second-order valence-electron chi connectivity index (χ2n) is 7.15. The van der Waals surface area contributed by atoms with Gasteiger partial charge in [-0.05, 0) is 37.1 Å². The van der Waals surface area contributed by atoms with Gasteiger partial charge in [0.2, 0.25) is 0 Å². The minimum atomic E-state index is -0.657. The predicted molar refractivity (Wildman–Crippen MR) is 103 cm³/mol. The zero-order chi connectivity index (χ0) is 19.6. The monoisotopic (exact) mass is 378 g/mol. The summed E-state index contributed by atoms with van der Waals surface area (Å²) < 4.78 is 5.37. The van der Waals surface area contributed by atoms with Gasteiger partial charge >= 0.3 is 0 Å². The Morgan fingerprint density at radius 3 is 2.96 bits per heavy atom. The van der Waals surface area contributed by atoms with Crippen molar-refractivity contribution in [3.05, 3.63) is 65.5 Å². The van der Waals surface area contributed by atoms with Crippen LogP contribution in [0.1, 0.15) is 24.0 Å². The number of aliphatic hydroxyl groups excluding tert-OH is 1. The predicted octanol–water partition coefficient (Wildman–Crippen LogP) is 1.20. The summed E-state index contributed by atoms with van der Waals surface area (Å²) in [6.45, 7) is 0.907. The number of benzene rings is 1. The number of ether oxygens (including phenoxy) is 1. The first-order valence-electron chi connectivity index (χ1n) is 9.31. The van der Waals surface area contributed by atoms with E-state index in [4.69, 9.17) is 4.74 Å². The van der Waals surface area contributed by atoms with E-state index in [1.54, 1.807) is 12.1 Å². The fraction of sp³-hybridized carbons (Fsp3) is 0.333. The van der Waals surface area contributed by atoms with Gasteiger partial charge in [0.25, 0.3) is 5.91 Å². The molecule has 3 N–H and O–H groups in total. The van der Waals surface area contributed by atoms with E-state index >= 15 is 0 Å². The molecule has 1 aromatic carbocycles. The van der Waals surface area contributed by atoms with Gasteiger partial charge in [-0.2, -0.15) is 5.26 Å². The molecule has 1 unspecified atom stereocenters. The Bertz CT molecular complexity index is 906. The van der Waals surface area contributed by atoms with Crippen molar-refractivity contribution in [1.82, 2.24) is 15.5 Å². The Labute approximate surface area is 163 Å². The Kier molecular flexibility index (Phi) is 4.90. The summed E-state index contributed by atoms with van der Waals surface area (Å²) in [5.41, 5.74) is 2.40. The molecule has 1 saturated heterocycles. The van der Waals surface area contributed by atoms with Crippen molar-refractivity contribution < 1.29 is 14.6 Å². The molecule has 0 aromatic heterocycles. The van der Waals surface area contributed by atoms with Crippen molar-refractivity contribution in [2.45, 2.75) is 24.5 Å². The zero-order valence-corrected chi connectivity index (χ0v) is 15.4. The summed E-state index contributed by atoms with van der Waals surface area (Å²) in [6, 6.07) is 9.43. The highest BCUT2D eigenvalue weighted by molar-refractivity contribution is 5.88. The fourth-order valence-electron chi connectivity index (χ4n) is 3.76. The number of fused-ring (bicyclic) bond motifs is 1. The van der Waals surface area contributed by atoms with Crippen molar-refractivity contribution >= 4 is 11.6 Å². The van der Waals surface area contributed by atoms with Crippen LogP contribution in [0.4, 0.5) is 0 Å². The number of nitrogens with one attached hydrogen (secondary N) is 2. The standard InChI is InChI=1S/C21H22N4O3/c22-13-15-4-3-5-16(12-15)18-17-6-1-2-9-25(17)19(23-18)20(27)24-21(14-26)7-10-28-11-8-21/h1-6,9,12,19,23,26H,7-8,10-11,14H2,(H,24,27). The minimum Gasteiger partial charge on any atom is -0.394 e. The van der Waals surface area contributed by atoms with Crippen LogP contribution in [-0.4, -0.2) is 47.4 Å². The molecule has 3 heterocycles. The van der Waals surface area contributed by atoms with Crippen molar-refractivity contribution in [2.75, 3.05) is 19.8 Å². The van der Waals surface area contributed by atoms with Gasteiger partial charge < -0.3 is 25.4 Å². The Morgan fingerprint density at radius 2 is 2.21 bits per heavy atom. The average molecular weight is 378 g/mol. The van der Waals surface area contributed by atoms with Gasteiger partial charge in [-0.3, -0.25) is 4.79 Å². The van der Waals surface area contributed by atoms with Crippen LogP contribution < -0.4 is 10.6 Å². The molecule has 3 aliphatic heterocycles. The van der Waals surface area contributed by atoms with E-state index < -0.39 is 11.7 Å². The number of amides is 1. The van der Waals surface area contributed by atoms with Gasteiger partial charge in [0.15, 0.2) is 6.17 Å². The molecule has 1 amide bonds. The van der Waals surface area contributed by atoms with Crippen LogP contribution in [-0.2, 0) is 9.53 Å².